The predicted octanol–water partition coefficient (Wildman–Crippen LogP) is 2.47. The molecular weight excluding hydrogens is 160 g/mol. The number of aryl methyl sites for hydroxylation is 1. The predicted molar refractivity (Wildman–Crippen MR) is 55.7 cm³/mol. The van der Waals surface area contributed by atoms with E-state index in [1.165, 1.54) is 5.56 Å². The fraction of sp³-hybridized carbons (Fsp3) is 0.333. The highest BCUT2D eigenvalue weighted by molar-refractivity contribution is 5.23. The van der Waals surface area contributed by atoms with Gasteiger partial charge in [-0.05, 0) is 19.4 Å². The maximum atomic E-state index is 9.55. The first-order valence-corrected chi connectivity index (χ1v) is 4.48. The molecule has 1 N–H and O–H groups in total. The summed E-state index contributed by atoms with van der Waals surface area (Å²) in [6.45, 7) is 7.62. The first-order chi connectivity index (χ1) is 6.09. The second-order valence-corrected chi connectivity index (χ2v) is 3.55. The maximum Gasteiger partial charge on any atom is 0.0785 e. The molecule has 0 aliphatic heterocycles. The molecule has 1 aromatic carbocycles. The standard InChI is InChI=1S/C12H16O/c1-9(2)12(13)8-11-6-4-10(3)5-7-11/h4-7,12-13H,1,8H2,2-3H3. The number of rotatable bonds is 3. The molecular formula is C12H16O. The fourth-order valence-electron chi connectivity index (χ4n) is 1.12. The molecule has 0 bridgehead atoms. The molecule has 1 nitrogen and oxygen atoms in total. The van der Waals surface area contributed by atoms with E-state index in [9.17, 15) is 5.11 Å². The van der Waals surface area contributed by atoms with Crippen molar-refractivity contribution in [1.82, 2.24) is 0 Å². The third-order valence-electron chi connectivity index (χ3n) is 2.12. The lowest BCUT2D eigenvalue weighted by Crippen LogP contribution is -2.10. The van der Waals surface area contributed by atoms with Crippen LogP contribution in [0, 0.1) is 6.92 Å². The molecule has 1 atom stereocenters. The lowest BCUT2D eigenvalue weighted by atomic mass is 10.0. The van der Waals surface area contributed by atoms with Crippen molar-refractivity contribution in [3.8, 4) is 0 Å². The van der Waals surface area contributed by atoms with E-state index in [2.05, 4.69) is 25.6 Å². The van der Waals surface area contributed by atoms with Gasteiger partial charge in [-0.3, -0.25) is 0 Å². The summed E-state index contributed by atoms with van der Waals surface area (Å²) in [5.41, 5.74) is 3.22. The van der Waals surface area contributed by atoms with Crippen LogP contribution in [0.2, 0.25) is 0 Å². The monoisotopic (exact) mass is 176 g/mol. The number of aliphatic hydroxyl groups is 1. The SMILES string of the molecule is C=C(C)C(O)Cc1ccc(C)cc1. The summed E-state index contributed by atoms with van der Waals surface area (Å²) in [5.74, 6) is 0. The topological polar surface area (TPSA) is 20.2 Å². The zero-order chi connectivity index (χ0) is 9.84. The first-order valence-electron chi connectivity index (χ1n) is 4.48. The maximum absolute atomic E-state index is 9.55. The molecule has 1 unspecified atom stereocenters. The minimum Gasteiger partial charge on any atom is -0.388 e. The average Bonchev–Trinajstić information content (AvgIpc) is 2.08. The number of benzene rings is 1. The van der Waals surface area contributed by atoms with Crippen molar-refractivity contribution >= 4 is 0 Å². The number of hydrogen-bond donors (Lipinski definition) is 1. The van der Waals surface area contributed by atoms with Gasteiger partial charge < -0.3 is 5.11 Å². The minimum atomic E-state index is -0.414. The molecule has 0 heterocycles. The summed E-state index contributed by atoms with van der Waals surface area (Å²) in [5, 5.41) is 9.55. The van der Waals surface area contributed by atoms with E-state index in [4.69, 9.17) is 0 Å². The van der Waals surface area contributed by atoms with Crippen molar-refractivity contribution in [2.24, 2.45) is 0 Å². The molecule has 0 aliphatic rings. The molecule has 13 heavy (non-hydrogen) atoms. The third kappa shape index (κ3) is 3.03. The Balaban J connectivity index is 2.64. The van der Waals surface area contributed by atoms with Gasteiger partial charge in [0.1, 0.15) is 0 Å². The van der Waals surface area contributed by atoms with Crippen LogP contribution in [0.4, 0.5) is 0 Å². The van der Waals surface area contributed by atoms with E-state index in [1.807, 2.05) is 19.1 Å². The van der Waals surface area contributed by atoms with Gasteiger partial charge in [0.2, 0.25) is 0 Å². The van der Waals surface area contributed by atoms with Crippen LogP contribution in [-0.2, 0) is 6.42 Å². The number of hydrogen-bond acceptors (Lipinski definition) is 1. The van der Waals surface area contributed by atoms with Crippen molar-refractivity contribution in [1.29, 1.82) is 0 Å². The average molecular weight is 176 g/mol. The van der Waals surface area contributed by atoms with Crippen LogP contribution in [0.15, 0.2) is 36.4 Å². The Labute approximate surface area is 79.7 Å². The van der Waals surface area contributed by atoms with Gasteiger partial charge in [0.15, 0.2) is 0 Å². The van der Waals surface area contributed by atoms with Gasteiger partial charge in [0.05, 0.1) is 6.10 Å². The van der Waals surface area contributed by atoms with Crippen LogP contribution in [0.1, 0.15) is 18.1 Å². The van der Waals surface area contributed by atoms with Crippen LogP contribution in [-0.4, -0.2) is 11.2 Å². The largest absolute Gasteiger partial charge is 0.388 e. The summed E-state index contributed by atoms with van der Waals surface area (Å²) >= 11 is 0. The lowest BCUT2D eigenvalue weighted by molar-refractivity contribution is 0.212. The Hall–Kier alpha value is -1.08. The second kappa shape index (κ2) is 4.24. The third-order valence-corrected chi connectivity index (χ3v) is 2.12. The quantitative estimate of drug-likeness (QED) is 0.701. The zero-order valence-corrected chi connectivity index (χ0v) is 8.25. The van der Waals surface area contributed by atoms with E-state index < -0.39 is 6.10 Å². The van der Waals surface area contributed by atoms with Gasteiger partial charge in [-0.25, -0.2) is 0 Å². The van der Waals surface area contributed by atoms with Crippen LogP contribution >= 0.6 is 0 Å². The lowest BCUT2D eigenvalue weighted by Gasteiger charge is -2.09. The summed E-state index contributed by atoms with van der Waals surface area (Å²) < 4.78 is 0. The van der Waals surface area contributed by atoms with E-state index >= 15 is 0 Å². The van der Waals surface area contributed by atoms with E-state index in [-0.39, 0.29) is 0 Å². The Bertz CT molecular complexity index is 284. The highest BCUT2D eigenvalue weighted by Crippen LogP contribution is 2.09. The molecule has 1 rings (SSSR count). The summed E-state index contributed by atoms with van der Waals surface area (Å²) in [4.78, 5) is 0. The van der Waals surface area contributed by atoms with Crippen LogP contribution in [0.3, 0.4) is 0 Å². The molecule has 0 aliphatic carbocycles. The van der Waals surface area contributed by atoms with Crippen molar-refractivity contribution < 1.29 is 5.11 Å². The summed E-state index contributed by atoms with van der Waals surface area (Å²) in [6.07, 6.45) is 0.248. The molecule has 0 spiro atoms. The van der Waals surface area contributed by atoms with Crippen LogP contribution in [0.25, 0.3) is 0 Å². The first kappa shape index (κ1) is 10.0. The summed E-state index contributed by atoms with van der Waals surface area (Å²) in [6, 6.07) is 8.20. The highest BCUT2D eigenvalue weighted by atomic mass is 16.3. The van der Waals surface area contributed by atoms with E-state index in [1.54, 1.807) is 0 Å². The van der Waals surface area contributed by atoms with Crippen LogP contribution < -0.4 is 0 Å². The number of aliphatic hydroxyl groups excluding tert-OH is 1. The van der Waals surface area contributed by atoms with Crippen LogP contribution in [0.5, 0.6) is 0 Å². The summed E-state index contributed by atoms with van der Waals surface area (Å²) in [7, 11) is 0. The van der Waals surface area contributed by atoms with Gasteiger partial charge in [-0.1, -0.05) is 42.0 Å². The molecule has 0 aromatic heterocycles. The van der Waals surface area contributed by atoms with E-state index in [0.717, 1.165) is 11.1 Å². The van der Waals surface area contributed by atoms with Gasteiger partial charge in [-0.2, -0.15) is 0 Å². The Kier molecular flexibility index (Phi) is 3.26. The molecule has 70 valence electrons. The van der Waals surface area contributed by atoms with Crippen molar-refractivity contribution in [3.63, 3.8) is 0 Å². The smallest absolute Gasteiger partial charge is 0.0785 e. The van der Waals surface area contributed by atoms with Gasteiger partial charge in [0, 0.05) is 6.42 Å². The Morgan fingerprint density at radius 3 is 2.38 bits per heavy atom. The Morgan fingerprint density at radius 1 is 1.38 bits per heavy atom. The van der Waals surface area contributed by atoms with Crippen molar-refractivity contribution in [2.75, 3.05) is 0 Å². The molecule has 0 saturated heterocycles. The minimum absolute atomic E-state index is 0.414. The molecule has 1 heteroatoms. The van der Waals surface area contributed by atoms with Crippen molar-refractivity contribution in [2.45, 2.75) is 26.4 Å². The molecule has 0 fully saturated rings. The zero-order valence-electron chi connectivity index (χ0n) is 8.25. The molecule has 0 amide bonds. The second-order valence-electron chi connectivity index (χ2n) is 3.55. The highest BCUT2D eigenvalue weighted by Gasteiger charge is 2.04. The van der Waals surface area contributed by atoms with Gasteiger partial charge >= 0.3 is 0 Å². The van der Waals surface area contributed by atoms with Crippen molar-refractivity contribution in [3.05, 3.63) is 47.5 Å². The molecule has 0 saturated carbocycles. The normalized spacial score (nSPS) is 12.5. The van der Waals surface area contributed by atoms with Gasteiger partial charge in [-0.15, -0.1) is 0 Å². The molecule has 1 aromatic rings. The van der Waals surface area contributed by atoms with E-state index in [0.29, 0.717) is 6.42 Å². The molecule has 0 radical (unpaired) electrons. The fourth-order valence-corrected chi connectivity index (χ4v) is 1.12. The van der Waals surface area contributed by atoms with Gasteiger partial charge in [0.25, 0.3) is 0 Å². The Morgan fingerprint density at radius 2 is 1.92 bits per heavy atom.